The van der Waals surface area contributed by atoms with Crippen LogP contribution in [0.3, 0.4) is 0 Å². The molecular weight excluding hydrogens is 248 g/mol. The molecule has 1 aliphatic rings. The molecule has 3 N–H and O–H groups in total. The van der Waals surface area contributed by atoms with Crippen molar-refractivity contribution in [3.05, 3.63) is 0 Å². The number of ether oxygens (including phenoxy) is 3. The van der Waals surface area contributed by atoms with Crippen LogP contribution in [0.1, 0.15) is 6.42 Å². The zero-order valence-electron chi connectivity index (χ0n) is 9.73. The van der Waals surface area contributed by atoms with Crippen LogP contribution in [0, 0.1) is 0 Å². The highest BCUT2D eigenvalue weighted by Gasteiger charge is 2.44. The molecule has 17 heavy (non-hydrogen) atoms. The van der Waals surface area contributed by atoms with Crippen LogP contribution in [0.2, 0.25) is 0 Å². The van der Waals surface area contributed by atoms with Gasteiger partial charge in [0.05, 0.1) is 13.2 Å². The molecule has 1 fully saturated rings. The fraction of sp³-hybridized carbons (Fsp3) is 1.00. The van der Waals surface area contributed by atoms with Crippen LogP contribution >= 0.6 is 12.6 Å². The summed E-state index contributed by atoms with van der Waals surface area (Å²) in [6.45, 7) is 0.491. The Morgan fingerprint density at radius 3 is 2.47 bits per heavy atom. The smallest absolute Gasteiger partial charge is 0.186 e. The van der Waals surface area contributed by atoms with Crippen molar-refractivity contribution in [2.24, 2.45) is 0 Å². The summed E-state index contributed by atoms with van der Waals surface area (Å²) < 4.78 is 15.5. The molecule has 7 heteroatoms. The Hall–Kier alpha value is 0.110. The lowest BCUT2D eigenvalue weighted by Crippen LogP contribution is -2.59. The minimum absolute atomic E-state index is 0.122. The average Bonchev–Trinajstić information content (AvgIpc) is 2.32. The predicted octanol–water partition coefficient (Wildman–Crippen LogP) is -1.22. The number of thiol groups is 1. The summed E-state index contributed by atoms with van der Waals surface area (Å²) in [6.07, 6.45) is -4.70. The first-order valence-electron chi connectivity index (χ1n) is 5.53. The largest absolute Gasteiger partial charge is 0.387 e. The second-order valence-electron chi connectivity index (χ2n) is 3.92. The van der Waals surface area contributed by atoms with E-state index < -0.39 is 30.7 Å². The van der Waals surface area contributed by atoms with Crippen LogP contribution in [0.25, 0.3) is 0 Å². The van der Waals surface area contributed by atoms with Gasteiger partial charge in [0, 0.05) is 7.11 Å². The molecule has 0 amide bonds. The van der Waals surface area contributed by atoms with Gasteiger partial charge in [0.2, 0.25) is 0 Å². The fourth-order valence-corrected chi connectivity index (χ4v) is 1.75. The zero-order valence-corrected chi connectivity index (χ0v) is 10.6. The summed E-state index contributed by atoms with van der Waals surface area (Å²) in [6, 6.07) is 0. The highest BCUT2D eigenvalue weighted by atomic mass is 32.1. The van der Waals surface area contributed by atoms with E-state index in [1.165, 1.54) is 7.11 Å². The number of aliphatic hydroxyl groups is 3. The molecule has 0 radical (unpaired) electrons. The van der Waals surface area contributed by atoms with Gasteiger partial charge in [0.1, 0.15) is 24.4 Å². The van der Waals surface area contributed by atoms with Crippen molar-refractivity contribution in [2.75, 3.05) is 26.1 Å². The minimum Gasteiger partial charge on any atom is -0.387 e. The van der Waals surface area contributed by atoms with E-state index in [-0.39, 0.29) is 6.61 Å². The number of aliphatic hydroxyl groups excluding tert-OH is 3. The third-order valence-corrected chi connectivity index (χ3v) is 2.90. The standard InChI is InChI=1S/C10H20O6S/c1-14-5-6-7(11)8(12)9(13)10(16-6)15-3-2-4-17/h6-13,17H,2-5H2,1H3/t6?,7-,8?,9?,10+/m0/s1. The lowest BCUT2D eigenvalue weighted by molar-refractivity contribution is -0.301. The Bertz CT molecular complexity index is 217. The van der Waals surface area contributed by atoms with E-state index >= 15 is 0 Å². The highest BCUT2D eigenvalue weighted by Crippen LogP contribution is 2.22. The molecule has 5 atom stereocenters. The number of hydrogen-bond donors (Lipinski definition) is 4. The van der Waals surface area contributed by atoms with Gasteiger partial charge < -0.3 is 29.5 Å². The van der Waals surface area contributed by atoms with Crippen molar-refractivity contribution in [2.45, 2.75) is 37.1 Å². The van der Waals surface area contributed by atoms with Gasteiger partial charge in [-0.25, -0.2) is 0 Å². The summed E-state index contributed by atoms with van der Waals surface area (Å²) in [5, 5.41) is 29.0. The lowest BCUT2D eigenvalue weighted by atomic mass is 9.99. The van der Waals surface area contributed by atoms with Crippen LogP contribution in [0.5, 0.6) is 0 Å². The predicted molar refractivity (Wildman–Crippen MR) is 63.0 cm³/mol. The van der Waals surface area contributed by atoms with Gasteiger partial charge in [0.25, 0.3) is 0 Å². The number of hydrogen-bond acceptors (Lipinski definition) is 7. The molecule has 102 valence electrons. The SMILES string of the molecule is COCC1O[C@@H](OCCCS)C(O)C(O)[C@H]1O. The van der Waals surface area contributed by atoms with E-state index in [9.17, 15) is 15.3 Å². The van der Waals surface area contributed by atoms with E-state index in [0.29, 0.717) is 18.8 Å². The monoisotopic (exact) mass is 268 g/mol. The van der Waals surface area contributed by atoms with Crippen molar-refractivity contribution < 1.29 is 29.5 Å². The Morgan fingerprint density at radius 2 is 1.88 bits per heavy atom. The summed E-state index contributed by atoms with van der Waals surface area (Å²) in [7, 11) is 1.46. The Balaban J connectivity index is 2.51. The molecule has 0 bridgehead atoms. The molecule has 0 aromatic heterocycles. The van der Waals surface area contributed by atoms with Gasteiger partial charge in [-0.05, 0) is 12.2 Å². The Labute approximate surface area is 106 Å². The topological polar surface area (TPSA) is 88.4 Å². The molecule has 1 rings (SSSR count). The van der Waals surface area contributed by atoms with E-state index in [1.54, 1.807) is 0 Å². The molecule has 1 saturated heterocycles. The maximum Gasteiger partial charge on any atom is 0.186 e. The second kappa shape index (κ2) is 7.52. The molecule has 1 aliphatic heterocycles. The van der Waals surface area contributed by atoms with Crippen LogP contribution in [-0.2, 0) is 14.2 Å². The molecule has 6 nitrogen and oxygen atoms in total. The highest BCUT2D eigenvalue weighted by molar-refractivity contribution is 7.80. The van der Waals surface area contributed by atoms with E-state index in [0.717, 1.165) is 0 Å². The van der Waals surface area contributed by atoms with Crippen LogP contribution in [0.4, 0.5) is 0 Å². The third-order valence-electron chi connectivity index (χ3n) is 2.58. The van der Waals surface area contributed by atoms with E-state index in [1.807, 2.05) is 0 Å². The first-order valence-corrected chi connectivity index (χ1v) is 6.16. The van der Waals surface area contributed by atoms with Crippen LogP contribution < -0.4 is 0 Å². The van der Waals surface area contributed by atoms with Gasteiger partial charge in [-0.3, -0.25) is 0 Å². The quantitative estimate of drug-likeness (QED) is 0.357. The summed E-state index contributed by atoms with van der Waals surface area (Å²) in [5.41, 5.74) is 0. The van der Waals surface area contributed by atoms with Gasteiger partial charge in [-0.1, -0.05) is 0 Å². The van der Waals surface area contributed by atoms with Crippen molar-refractivity contribution in [1.29, 1.82) is 0 Å². The summed E-state index contributed by atoms with van der Waals surface area (Å²) in [5.74, 6) is 0.662. The van der Waals surface area contributed by atoms with Crippen LogP contribution in [-0.4, -0.2) is 72.1 Å². The molecular formula is C10H20O6S. The van der Waals surface area contributed by atoms with Gasteiger partial charge >= 0.3 is 0 Å². The Morgan fingerprint density at radius 1 is 1.18 bits per heavy atom. The maximum absolute atomic E-state index is 9.67. The van der Waals surface area contributed by atoms with E-state index in [4.69, 9.17) is 14.2 Å². The van der Waals surface area contributed by atoms with Crippen molar-refractivity contribution in [3.63, 3.8) is 0 Å². The molecule has 1 heterocycles. The van der Waals surface area contributed by atoms with Gasteiger partial charge in [0.15, 0.2) is 6.29 Å². The van der Waals surface area contributed by atoms with Crippen molar-refractivity contribution in [3.8, 4) is 0 Å². The second-order valence-corrected chi connectivity index (χ2v) is 4.37. The van der Waals surface area contributed by atoms with Crippen molar-refractivity contribution >= 4 is 12.6 Å². The van der Waals surface area contributed by atoms with Crippen LogP contribution in [0.15, 0.2) is 0 Å². The normalized spacial score (nSPS) is 38.3. The minimum atomic E-state index is -1.30. The molecule has 0 spiro atoms. The molecule has 0 aromatic rings. The Kier molecular flexibility index (Phi) is 6.71. The number of rotatable bonds is 6. The van der Waals surface area contributed by atoms with Gasteiger partial charge in [-0.2, -0.15) is 12.6 Å². The maximum atomic E-state index is 9.67. The molecule has 0 aromatic carbocycles. The third kappa shape index (κ3) is 4.06. The lowest BCUT2D eigenvalue weighted by Gasteiger charge is -2.40. The average molecular weight is 268 g/mol. The molecule has 0 saturated carbocycles. The number of methoxy groups -OCH3 is 1. The summed E-state index contributed by atoms with van der Waals surface area (Å²) in [4.78, 5) is 0. The van der Waals surface area contributed by atoms with E-state index in [2.05, 4.69) is 12.6 Å². The zero-order chi connectivity index (χ0) is 12.8. The first kappa shape index (κ1) is 15.2. The molecule has 3 unspecified atom stereocenters. The fourth-order valence-electron chi connectivity index (χ4n) is 1.62. The molecule has 0 aliphatic carbocycles. The van der Waals surface area contributed by atoms with Crippen molar-refractivity contribution in [1.82, 2.24) is 0 Å². The first-order chi connectivity index (χ1) is 8.11. The summed E-state index contributed by atoms with van der Waals surface area (Å²) >= 11 is 4.03. The van der Waals surface area contributed by atoms with Gasteiger partial charge in [-0.15, -0.1) is 0 Å².